The number of carbonyl (C=O) groups excluding carboxylic acids is 2. The largest absolute Gasteiger partial charge is 0.462 e. The summed E-state index contributed by atoms with van der Waals surface area (Å²) in [7, 11) is 0. The van der Waals surface area contributed by atoms with Gasteiger partial charge < -0.3 is 9.30 Å². The molecule has 5 rings (SSSR count). The number of hydrogen-bond donors (Lipinski definition) is 0. The van der Waals surface area contributed by atoms with E-state index < -0.39 is 23.3 Å². The Morgan fingerprint density at radius 1 is 0.974 bits per heavy atom. The molecule has 0 unspecified atom stereocenters. The van der Waals surface area contributed by atoms with Crippen molar-refractivity contribution in [3.8, 4) is 0 Å². The Hall–Kier alpha value is -4.92. The predicted octanol–water partition coefficient (Wildman–Crippen LogP) is 3.95. The number of aryl methyl sites for hydroxylation is 2. The molecule has 0 aliphatic carbocycles. The van der Waals surface area contributed by atoms with E-state index >= 15 is 0 Å². The monoisotopic (exact) mass is 510 g/mol. The number of pyridine rings is 2. The van der Waals surface area contributed by atoms with Gasteiger partial charge in [-0.15, -0.1) is 0 Å². The second kappa shape index (κ2) is 10.6. The fraction of sp³-hybridized carbons (Fsp3) is 0.138. The van der Waals surface area contributed by atoms with Gasteiger partial charge in [0.15, 0.2) is 5.49 Å². The van der Waals surface area contributed by atoms with E-state index in [0.29, 0.717) is 12.1 Å². The van der Waals surface area contributed by atoms with E-state index in [0.717, 1.165) is 11.6 Å². The SMILES string of the molecule is CCOC(=O)c1cc2c(=O)n3ccccc3nc2n(CCc2ccccc2)c1=NC(=O)c1ccccc1F. The van der Waals surface area contributed by atoms with E-state index in [1.54, 1.807) is 35.9 Å². The summed E-state index contributed by atoms with van der Waals surface area (Å²) in [5.74, 6) is -2.38. The summed E-state index contributed by atoms with van der Waals surface area (Å²) in [4.78, 5) is 48.6. The smallest absolute Gasteiger partial charge is 0.341 e. The maximum Gasteiger partial charge on any atom is 0.341 e. The molecule has 0 saturated heterocycles. The summed E-state index contributed by atoms with van der Waals surface area (Å²) in [6, 6.07) is 21.5. The molecule has 0 fully saturated rings. The Labute approximate surface area is 216 Å². The molecule has 0 aliphatic heterocycles. The lowest BCUT2D eigenvalue weighted by molar-refractivity contribution is 0.0523. The van der Waals surface area contributed by atoms with Crippen molar-refractivity contribution in [3.63, 3.8) is 0 Å². The highest BCUT2D eigenvalue weighted by Crippen LogP contribution is 2.14. The van der Waals surface area contributed by atoms with Crippen LogP contribution >= 0.6 is 0 Å². The van der Waals surface area contributed by atoms with E-state index in [1.807, 2.05) is 30.3 Å². The minimum Gasteiger partial charge on any atom is -0.462 e. The van der Waals surface area contributed by atoms with Gasteiger partial charge in [-0.25, -0.2) is 14.2 Å². The summed E-state index contributed by atoms with van der Waals surface area (Å²) in [5.41, 5.74) is 0.817. The summed E-state index contributed by atoms with van der Waals surface area (Å²) in [6.45, 7) is 1.94. The Bertz CT molecular complexity index is 1810. The summed E-state index contributed by atoms with van der Waals surface area (Å²) < 4.78 is 22.6. The number of aromatic nitrogens is 3. The Kier molecular flexibility index (Phi) is 6.90. The molecule has 3 aromatic heterocycles. The molecule has 5 aromatic rings. The minimum atomic E-state index is -0.876. The van der Waals surface area contributed by atoms with Gasteiger partial charge in [-0.1, -0.05) is 48.5 Å². The van der Waals surface area contributed by atoms with E-state index in [1.165, 1.54) is 28.7 Å². The van der Waals surface area contributed by atoms with Crippen LogP contribution in [0.5, 0.6) is 0 Å². The van der Waals surface area contributed by atoms with Gasteiger partial charge in [0.25, 0.3) is 11.5 Å². The zero-order valence-corrected chi connectivity index (χ0v) is 20.5. The topological polar surface area (TPSA) is 95.0 Å². The predicted molar refractivity (Wildman–Crippen MR) is 139 cm³/mol. The Morgan fingerprint density at radius 2 is 1.71 bits per heavy atom. The fourth-order valence-corrected chi connectivity index (χ4v) is 4.25. The molecule has 0 aliphatic rings. The van der Waals surface area contributed by atoms with E-state index in [9.17, 15) is 18.8 Å². The lowest BCUT2D eigenvalue weighted by atomic mass is 10.1. The van der Waals surface area contributed by atoms with E-state index in [-0.39, 0.29) is 40.8 Å². The van der Waals surface area contributed by atoms with Gasteiger partial charge >= 0.3 is 5.97 Å². The van der Waals surface area contributed by atoms with Crippen molar-refractivity contribution in [2.45, 2.75) is 19.9 Å². The van der Waals surface area contributed by atoms with Crippen molar-refractivity contribution in [3.05, 3.63) is 123 Å². The number of hydrogen-bond acceptors (Lipinski definition) is 5. The molecule has 1 amide bonds. The molecule has 8 nitrogen and oxygen atoms in total. The normalized spacial score (nSPS) is 11.7. The van der Waals surface area contributed by atoms with Crippen molar-refractivity contribution >= 4 is 28.6 Å². The summed E-state index contributed by atoms with van der Waals surface area (Å²) in [5, 5.41) is 0.155. The van der Waals surface area contributed by atoms with Gasteiger partial charge in [-0.2, -0.15) is 4.99 Å². The molecule has 190 valence electrons. The van der Waals surface area contributed by atoms with Crippen molar-refractivity contribution < 1.29 is 18.7 Å². The maximum atomic E-state index is 14.4. The number of rotatable bonds is 6. The molecule has 0 bridgehead atoms. The van der Waals surface area contributed by atoms with Crippen LogP contribution < -0.4 is 11.0 Å². The average Bonchev–Trinajstić information content (AvgIpc) is 2.93. The summed E-state index contributed by atoms with van der Waals surface area (Å²) >= 11 is 0. The highest BCUT2D eigenvalue weighted by atomic mass is 19.1. The first kappa shape index (κ1) is 24.8. The van der Waals surface area contributed by atoms with Gasteiger partial charge in [0, 0.05) is 12.7 Å². The standard InChI is InChI=1S/C29H23FN4O4/c1-2-38-29(37)22-18-21-25(31-24-14-8-9-16-33(24)28(21)36)34(17-15-19-10-4-3-5-11-19)26(22)32-27(35)20-12-6-7-13-23(20)30/h3-14,16,18H,2,15,17H2,1H3. The zero-order valence-electron chi connectivity index (χ0n) is 20.5. The van der Waals surface area contributed by atoms with E-state index in [4.69, 9.17) is 4.74 Å². The Morgan fingerprint density at radius 3 is 2.47 bits per heavy atom. The number of halogens is 1. The molecule has 0 spiro atoms. The molecule has 0 N–H and O–H groups in total. The van der Waals surface area contributed by atoms with Gasteiger partial charge in [0.2, 0.25) is 0 Å². The molecule has 3 heterocycles. The van der Waals surface area contributed by atoms with Crippen LogP contribution in [0.25, 0.3) is 16.7 Å². The van der Waals surface area contributed by atoms with Crippen molar-refractivity contribution in [2.75, 3.05) is 6.61 Å². The minimum absolute atomic E-state index is 0.0627. The maximum absolute atomic E-state index is 14.4. The third kappa shape index (κ3) is 4.73. The van der Waals surface area contributed by atoms with Gasteiger partial charge in [-0.05, 0) is 49.2 Å². The van der Waals surface area contributed by atoms with E-state index in [2.05, 4.69) is 9.98 Å². The van der Waals surface area contributed by atoms with Crippen LogP contribution in [-0.4, -0.2) is 32.4 Å². The van der Waals surface area contributed by atoms with Crippen LogP contribution in [0.4, 0.5) is 4.39 Å². The first-order valence-corrected chi connectivity index (χ1v) is 12.1. The van der Waals surface area contributed by atoms with Gasteiger partial charge in [0.1, 0.15) is 22.7 Å². The second-order valence-electron chi connectivity index (χ2n) is 8.47. The van der Waals surface area contributed by atoms with Crippen molar-refractivity contribution in [1.82, 2.24) is 14.0 Å². The van der Waals surface area contributed by atoms with Crippen LogP contribution in [0.1, 0.15) is 33.2 Å². The first-order valence-electron chi connectivity index (χ1n) is 12.1. The van der Waals surface area contributed by atoms with Gasteiger partial charge in [0.05, 0.1) is 17.6 Å². The lowest BCUT2D eigenvalue weighted by Crippen LogP contribution is -2.33. The highest BCUT2D eigenvalue weighted by Gasteiger charge is 2.21. The molecule has 0 saturated carbocycles. The second-order valence-corrected chi connectivity index (χ2v) is 8.47. The number of esters is 1. The molecular formula is C29H23FN4O4. The lowest BCUT2D eigenvalue weighted by Gasteiger charge is -2.15. The number of nitrogens with zero attached hydrogens (tertiary/aromatic N) is 4. The molecular weight excluding hydrogens is 487 g/mol. The van der Waals surface area contributed by atoms with Crippen molar-refractivity contribution in [2.24, 2.45) is 4.99 Å². The van der Waals surface area contributed by atoms with Crippen LogP contribution in [0.15, 0.2) is 94.8 Å². The van der Waals surface area contributed by atoms with Crippen LogP contribution in [0.3, 0.4) is 0 Å². The zero-order chi connectivity index (χ0) is 26.6. The number of carbonyl (C=O) groups is 2. The van der Waals surface area contributed by atoms with Crippen LogP contribution in [0, 0.1) is 5.82 Å². The molecule has 38 heavy (non-hydrogen) atoms. The summed E-state index contributed by atoms with van der Waals surface area (Å²) in [6.07, 6.45) is 2.07. The highest BCUT2D eigenvalue weighted by molar-refractivity contribution is 5.97. The first-order chi connectivity index (χ1) is 18.5. The number of amides is 1. The number of ether oxygens (including phenoxy) is 1. The molecule has 9 heteroatoms. The number of benzene rings is 2. The third-order valence-corrected chi connectivity index (χ3v) is 6.06. The molecule has 0 atom stereocenters. The number of fused-ring (bicyclic) bond motifs is 2. The van der Waals surface area contributed by atoms with Crippen LogP contribution in [-0.2, 0) is 17.7 Å². The average molecular weight is 511 g/mol. The molecule has 0 radical (unpaired) electrons. The third-order valence-electron chi connectivity index (χ3n) is 6.06. The van der Waals surface area contributed by atoms with Crippen LogP contribution in [0.2, 0.25) is 0 Å². The Balaban J connectivity index is 1.85. The molecule has 2 aromatic carbocycles. The fourth-order valence-electron chi connectivity index (χ4n) is 4.25. The quantitative estimate of drug-likeness (QED) is 0.255. The van der Waals surface area contributed by atoms with Crippen molar-refractivity contribution in [1.29, 1.82) is 0 Å². The van der Waals surface area contributed by atoms with Gasteiger partial charge in [-0.3, -0.25) is 14.0 Å².